The first-order valence-electron chi connectivity index (χ1n) is 6.01. The van der Waals surface area contributed by atoms with E-state index >= 15 is 0 Å². The van der Waals surface area contributed by atoms with Crippen LogP contribution in [0.15, 0.2) is 24.3 Å². The largest absolute Gasteiger partial charge is 0.416 e. The Hall–Kier alpha value is -1.58. The van der Waals surface area contributed by atoms with Crippen molar-refractivity contribution in [1.82, 2.24) is 10.2 Å². The first-order valence-corrected chi connectivity index (χ1v) is 6.01. The van der Waals surface area contributed by atoms with Gasteiger partial charge in [0.15, 0.2) is 0 Å². The molecule has 0 aromatic heterocycles. The van der Waals surface area contributed by atoms with Crippen LogP contribution in [0.25, 0.3) is 0 Å². The third-order valence-corrected chi connectivity index (χ3v) is 3.17. The molecule has 19 heavy (non-hydrogen) atoms. The fourth-order valence-electron chi connectivity index (χ4n) is 2.10. The number of halogens is 3. The normalized spacial score (nSPS) is 21.1. The van der Waals surface area contributed by atoms with Crippen LogP contribution >= 0.6 is 0 Å². The summed E-state index contributed by atoms with van der Waals surface area (Å²) in [4.78, 5) is 1.97. The van der Waals surface area contributed by atoms with Gasteiger partial charge in [-0.15, -0.1) is 0 Å². The van der Waals surface area contributed by atoms with E-state index in [0.29, 0.717) is 13.1 Å². The molecule has 3 nitrogen and oxygen atoms in total. The topological polar surface area (TPSA) is 39.1 Å². The Labute approximate surface area is 109 Å². The third kappa shape index (κ3) is 3.46. The van der Waals surface area contributed by atoms with Crippen LogP contribution in [0.2, 0.25) is 0 Å². The van der Waals surface area contributed by atoms with E-state index in [2.05, 4.69) is 11.4 Å². The van der Waals surface area contributed by atoms with Crippen molar-refractivity contribution in [2.24, 2.45) is 0 Å². The maximum Gasteiger partial charge on any atom is 0.416 e. The lowest BCUT2D eigenvalue weighted by Crippen LogP contribution is -2.49. The van der Waals surface area contributed by atoms with Crippen LogP contribution in [-0.2, 0) is 12.7 Å². The molecule has 0 bridgehead atoms. The fourth-order valence-corrected chi connectivity index (χ4v) is 2.10. The molecule has 102 valence electrons. The maximum absolute atomic E-state index is 12.4. The number of alkyl halides is 3. The van der Waals surface area contributed by atoms with Crippen molar-refractivity contribution in [3.8, 4) is 6.07 Å². The highest BCUT2D eigenvalue weighted by molar-refractivity contribution is 5.24. The number of nitrogens with zero attached hydrogens (tertiary/aromatic N) is 2. The number of rotatable bonds is 2. The highest BCUT2D eigenvalue weighted by atomic mass is 19.4. The summed E-state index contributed by atoms with van der Waals surface area (Å²) in [7, 11) is 0. The van der Waals surface area contributed by atoms with Crippen molar-refractivity contribution >= 4 is 0 Å². The predicted molar refractivity (Wildman–Crippen MR) is 64.1 cm³/mol. The molecule has 6 heteroatoms. The van der Waals surface area contributed by atoms with Crippen LogP contribution in [0.4, 0.5) is 13.2 Å². The molecule has 1 unspecified atom stereocenters. The molecule has 0 aliphatic carbocycles. The van der Waals surface area contributed by atoms with Crippen molar-refractivity contribution < 1.29 is 13.2 Å². The summed E-state index contributed by atoms with van der Waals surface area (Å²) in [5.41, 5.74) is 0.142. The molecular weight excluding hydrogens is 255 g/mol. The number of piperazine rings is 1. The van der Waals surface area contributed by atoms with Crippen molar-refractivity contribution in [3.63, 3.8) is 0 Å². The molecule has 1 N–H and O–H groups in total. The highest BCUT2D eigenvalue weighted by Gasteiger charge is 2.30. The molecule has 1 aliphatic heterocycles. The summed E-state index contributed by atoms with van der Waals surface area (Å²) >= 11 is 0. The molecule has 0 amide bonds. The molecule has 1 saturated heterocycles. The van der Waals surface area contributed by atoms with Gasteiger partial charge in [0.25, 0.3) is 0 Å². The summed E-state index contributed by atoms with van der Waals surface area (Å²) < 4.78 is 37.3. The summed E-state index contributed by atoms with van der Waals surface area (Å²) in [5, 5.41) is 12.1. The summed E-state index contributed by atoms with van der Waals surface area (Å²) in [6.07, 6.45) is -4.30. The highest BCUT2D eigenvalue weighted by Crippen LogP contribution is 2.29. The van der Waals surface area contributed by atoms with Gasteiger partial charge in [0.05, 0.1) is 11.6 Å². The first kappa shape index (κ1) is 13.8. The smallest absolute Gasteiger partial charge is 0.313 e. The Bertz CT molecular complexity index is 462. The molecule has 1 heterocycles. The van der Waals surface area contributed by atoms with Gasteiger partial charge in [-0.05, 0) is 17.7 Å². The lowest BCUT2D eigenvalue weighted by molar-refractivity contribution is -0.137. The van der Waals surface area contributed by atoms with E-state index in [4.69, 9.17) is 5.26 Å². The monoisotopic (exact) mass is 269 g/mol. The van der Waals surface area contributed by atoms with E-state index in [0.717, 1.165) is 30.8 Å². The molecule has 1 aromatic rings. The molecule has 2 rings (SSSR count). The minimum atomic E-state index is -4.30. The van der Waals surface area contributed by atoms with Crippen molar-refractivity contribution in [2.45, 2.75) is 18.8 Å². The molecule has 0 spiro atoms. The van der Waals surface area contributed by atoms with Gasteiger partial charge in [-0.3, -0.25) is 4.90 Å². The Morgan fingerprint density at radius 1 is 1.32 bits per heavy atom. The lowest BCUT2D eigenvalue weighted by atomic mass is 10.1. The van der Waals surface area contributed by atoms with Crippen molar-refractivity contribution in [2.75, 3.05) is 19.6 Å². The summed E-state index contributed by atoms with van der Waals surface area (Å²) in [5.74, 6) is 0. The fraction of sp³-hybridized carbons (Fsp3) is 0.462. The van der Waals surface area contributed by atoms with Crippen LogP contribution in [0.5, 0.6) is 0 Å². The van der Waals surface area contributed by atoms with Crippen molar-refractivity contribution in [3.05, 3.63) is 35.4 Å². The van der Waals surface area contributed by atoms with E-state index in [-0.39, 0.29) is 6.04 Å². The van der Waals surface area contributed by atoms with Gasteiger partial charge in [-0.2, -0.15) is 18.4 Å². The van der Waals surface area contributed by atoms with Gasteiger partial charge in [0, 0.05) is 26.2 Å². The molecule has 0 radical (unpaired) electrons. The lowest BCUT2D eigenvalue weighted by Gasteiger charge is -2.31. The third-order valence-electron chi connectivity index (χ3n) is 3.17. The van der Waals surface area contributed by atoms with E-state index < -0.39 is 11.7 Å². The molecule has 1 aromatic carbocycles. The van der Waals surface area contributed by atoms with Gasteiger partial charge >= 0.3 is 6.18 Å². The average molecular weight is 269 g/mol. The van der Waals surface area contributed by atoms with Crippen LogP contribution in [0, 0.1) is 11.3 Å². The minimum Gasteiger partial charge on any atom is -0.313 e. The van der Waals surface area contributed by atoms with Gasteiger partial charge in [-0.25, -0.2) is 0 Å². The molecule has 1 aliphatic rings. The van der Waals surface area contributed by atoms with E-state index in [9.17, 15) is 13.2 Å². The van der Waals surface area contributed by atoms with E-state index in [1.54, 1.807) is 0 Å². The van der Waals surface area contributed by atoms with Crippen LogP contribution in [-0.4, -0.2) is 30.6 Å². The summed E-state index contributed by atoms with van der Waals surface area (Å²) in [6, 6.07) is 7.07. The number of nitrogens with one attached hydrogen (secondary N) is 1. The number of hydrogen-bond donors (Lipinski definition) is 1. The molecule has 1 fully saturated rings. The maximum atomic E-state index is 12.4. The molecule has 0 saturated carbocycles. The zero-order valence-corrected chi connectivity index (χ0v) is 10.2. The minimum absolute atomic E-state index is 0.226. The van der Waals surface area contributed by atoms with Crippen LogP contribution in [0.3, 0.4) is 0 Å². The number of hydrogen-bond acceptors (Lipinski definition) is 3. The Kier molecular flexibility index (Phi) is 4.08. The molecule has 1 atom stereocenters. The van der Waals surface area contributed by atoms with Gasteiger partial charge in [0.1, 0.15) is 6.04 Å². The number of nitriles is 1. The standard InChI is InChI=1S/C13H14F3N3/c14-13(15,16)11-3-1-10(2-4-11)9-19-6-5-18-8-12(19)7-17/h1-4,12,18H,5-6,8-9H2. The van der Waals surface area contributed by atoms with Gasteiger partial charge in [0.2, 0.25) is 0 Å². The summed E-state index contributed by atoms with van der Waals surface area (Å²) in [6.45, 7) is 2.60. The SMILES string of the molecule is N#CC1CNCCN1Cc1ccc(C(F)(F)F)cc1. The Morgan fingerprint density at radius 3 is 2.58 bits per heavy atom. The first-order chi connectivity index (χ1) is 9.00. The zero-order valence-electron chi connectivity index (χ0n) is 10.2. The average Bonchev–Trinajstić information content (AvgIpc) is 2.39. The van der Waals surface area contributed by atoms with E-state index in [1.165, 1.54) is 12.1 Å². The van der Waals surface area contributed by atoms with Crippen LogP contribution in [0.1, 0.15) is 11.1 Å². The Balaban J connectivity index is 2.05. The number of benzene rings is 1. The van der Waals surface area contributed by atoms with Gasteiger partial charge in [-0.1, -0.05) is 12.1 Å². The quantitative estimate of drug-likeness (QED) is 0.892. The predicted octanol–water partition coefficient (Wildman–Crippen LogP) is 2.00. The second-order valence-electron chi connectivity index (χ2n) is 4.51. The van der Waals surface area contributed by atoms with Gasteiger partial charge < -0.3 is 5.32 Å². The van der Waals surface area contributed by atoms with E-state index in [1.807, 2.05) is 4.90 Å². The van der Waals surface area contributed by atoms with Crippen molar-refractivity contribution in [1.29, 1.82) is 5.26 Å². The zero-order chi connectivity index (χ0) is 13.9. The second-order valence-corrected chi connectivity index (χ2v) is 4.51. The van der Waals surface area contributed by atoms with Crippen LogP contribution < -0.4 is 5.32 Å². The molecular formula is C13H14F3N3. The Morgan fingerprint density at radius 2 is 2.00 bits per heavy atom. The second kappa shape index (κ2) is 5.59.